The Bertz CT molecular complexity index is 858. The van der Waals surface area contributed by atoms with Crippen LogP contribution in [-0.2, 0) is 23.0 Å². The van der Waals surface area contributed by atoms with Crippen molar-refractivity contribution >= 4 is 40.0 Å². The molecule has 0 saturated carbocycles. The number of halogens is 1. The Morgan fingerprint density at radius 3 is 2.43 bits per heavy atom. The number of primary sulfonamides is 1. The maximum Gasteiger partial charge on any atom is 0.238 e. The third-order valence-electron chi connectivity index (χ3n) is 4.08. The lowest BCUT2D eigenvalue weighted by atomic mass is 10.1. The summed E-state index contributed by atoms with van der Waals surface area (Å²) in [4.78, 5) is 4.66. The number of rotatable bonds is 8. The maximum absolute atomic E-state index is 11.5. The minimum absolute atomic E-state index is 0. The van der Waals surface area contributed by atoms with Crippen LogP contribution >= 0.6 is 24.0 Å². The van der Waals surface area contributed by atoms with Crippen molar-refractivity contribution < 1.29 is 8.42 Å². The summed E-state index contributed by atoms with van der Waals surface area (Å²) in [7, 11) is -3.71. The summed E-state index contributed by atoms with van der Waals surface area (Å²) in [5.74, 6) is 0.707. The van der Waals surface area contributed by atoms with Crippen LogP contribution in [0, 0.1) is 0 Å². The summed E-state index contributed by atoms with van der Waals surface area (Å²) in [6.07, 6.45) is 1.97. The number of guanidine groups is 1. The summed E-state index contributed by atoms with van der Waals surface area (Å²) in [5.41, 5.74) is 2.10. The van der Waals surface area contributed by atoms with Gasteiger partial charge in [0.1, 0.15) is 0 Å². The molecule has 1 atom stereocenters. The first-order valence-corrected chi connectivity index (χ1v) is 10.6. The van der Waals surface area contributed by atoms with Gasteiger partial charge in [0.25, 0.3) is 0 Å². The van der Waals surface area contributed by atoms with Crippen LogP contribution in [0.5, 0.6) is 0 Å². The van der Waals surface area contributed by atoms with Crippen LogP contribution in [0.2, 0.25) is 0 Å². The van der Waals surface area contributed by atoms with E-state index in [1.165, 1.54) is 11.6 Å². The molecule has 1 unspecified atom stereocenters. The molecule has 0 amide bonds. The second-order valence-corrected chi connectivity index (χ2v) is 8.02. The molecule has 0 spiro atoms. The minimum atomic E-state index is -3.71. The van der Waals surface area contributed by atoms with Gasteiger partial charge in [0, 0.05) is 12.6 Å². The van der Waals surface area contributed by atoms with Gasteiger partial charge < -0.3 is 10.6 Å². The predicted octanol–water partition coefficient (Wildman–Crippen LogP) is 3.03. The normalized spacial score (nSPS) is 12.8. The SMILES string of the molecule is CCNC(=NCc1cccc(S(N)(=O)=O)c1)NC(C)CCc1ccccc1.I. The highest BCUT2D eigenvalue weighted by atomic mass is 127. The van der Waals surface area contributed by atoms with Gasteiger partial charge in [0.05, 0.1) is 11.4 Å². The molecule has 2 rings (SSSR count). The summed E-state index contributed by atoms with van der Waals surface area (Å²) in [5, 5.41) is 11.8. The molecule has 154 valence electrons. The first kappa shape index (κ1) is 24.4. The van der Waals surface area contributed by atoms with Gasteiger partial charge in [-0.2, -0.15) is 0 Å². The monoisotopic (exact) mass is 516 g/mol. The average molecular weight is 516 g/mol. The Morgan fingerprint density at radius 2 is 1.79 bits per heavy atom. The van der Waals surface area contributed by atoms with Gasteiger partial charge >= 0.3 is 0 Å². The first-order chi connectivity index (χ1) is 12.9. The van der Waals surface area contributed by atoms with Crippen molar-refractivity contribution in [2.75, 3.05) is 6.54 Å². The van der Waals surface area contributed by atoms with Crippen LogP contribution in [0.25, 0.3) is 0 Å². The fourth-order valence-corrected chi connectivity index (χ4v) is 3.23. The van der Waals surface area contributed by atoms with Gasteiger partial charge in [-0.3, -0.25) is 0 Å². The van der Waals surface area contributed by atoms with E-state index in [4.69, 9.17) is 5.14 Å². The molecule has 6 nitrogen and oxygen atoms in total. The first-order valence-electron chi connectivity index (χ1n) is 9.09. The van der Waals surface area contributed by atoms with E-state index in [-0.39, 0.29) is 34.9 Å². The van der Waals surface area contributed by atoms with Crippen molar-refractivity contribution in [3.05, 3.63) is 65.7 Å². The van der Waals surface area contributed by atoms with Crippen LogP contribution in [-0.4, -0.2) is 27.0 Å². The molecule has 0 aliphatic rings. The lowest BCUT2D eigenvalue weighted by Crippen LogP contribution is -2.42. The largest absolute Gasteiger partial charge is 0.357 e. The van der Waals surface area contributed by atoms with E-state index in [2.05, 4.69) is 46.8 Å². The van der Waals surface area contributed by atoms with Crippen LogP contribution in [0.15, 0.2) is 64.5 Å². The van der Waals surface area contributed by atoms with Gasteiger partial charge in [-0.05, 0) is 49.9 Å². The molecule has 0 saturated heterocycles. The highest BCUT2D eigenvalue weighted by Crippen LogP contribution is 2.11. The number of nitrogens with one attached hydrogen (secondary N) is 2. The topological polar surface area (TPSA) is 96.6 Å². The predicted molar refractivity (Wildman–Crippen MR) is 125 cm³/mol. The highest BCUT2D eigenvalue weighted by Gasteiger charge is 2.09. The van der Waals surface area contributed by atoms with Crippen LogP contribution in [0.3, 0.4) is 0 Å². The number of aryl methyl sites for hydroxylation is 1. The Morgan fingerprint density at radius 1 is 1.11 bits per heavy atom. The minimum Gasteiger partial charge on any atom is -0.357 e. The van der Waals surface area contributed by atoms with Crippen LogP contribution in [0.4, 0.5) is 0 Å². The molecule has 8 heteroatoms. The number of nitrogens with two attached hydrogens (primary N) is 1. The number of benzene rings is 2. The number of nitrogens with zero attached hydrogens (tertiary/aromatic N) is 1. The molecule has 2 aromatic carbocycles. The van der Waals surface area contributed by atoms with Crippen molar-refractivity contribution in [2.45, 2.75) is 44.2 Å². The fraction of sp³-hybridized carbons (Fsp3) is 0.350. The maximum atomic E-state index is 11.5. The fourth-order valence-electron chi connectivity index (χ4n) is 2.64. The van der Waals surface area contributed by atoms with Gasteiger partial charge in [-0.25, -0.2) is 18.5 Å². The molecule has 0 aliphatic heterocycles. The van der Waals surface area contributed by atoms with E-state index in [1.54, 1.807) is 12.1 Å². The smallest absolute Gasteiger partial charge is 0.238 e. The lowest BCUT2D eigenvalue weighted by molar-refractivity contribution is 0.593. The molecule has 0 fully saturated rings. The molecule has 0 bridgehead atoms. The lowest BCUT2D eigenvalue weighted by Gasteiger charge is -2.18. The number of hydrogen-bond acceptors (Lipinski definition) is 3. The van der Waals surface area contributed by atoms with Crippen molar-refractivity contribution in [1.82, 2.24) is 10.6 Å². The summed E-state index contributed by atoms with van der Waals surface area (Å²) >= 11 is 0. The average Bonchev–Trinajstić information content (AvgIpc) is 2.65. The van der Waals surface area contributed by atoms with E-state index in [0.717, 1.165) is 24.9 Å². The standard InChI is InChI=1S/C20H28N4O2S.HI/c1-3-22-20(24-16(2)12-13-17-8-5-4-6-9-17)23-15-18-10-7-11-19(14-18)27(21,25)26;/h4-11,14,16H,3,12-13,15H2,1-2H3,(H2,21,25,26)(H2,22,23,24);1H. The number of sulfonamides is 1. The third kappa shape index (κ3) is 8.57. The zero-order chi connectivity index (χ0) is 19.7. The molecule has 4 N–H and O–H groups in total. The van der Waals surface area contributed by atoms with Gasteiger partial charge in [0.2, 0.25) is 10.0 Å². The molecule has 0 heterocycles. The van der Waals surface area contributed by atoms with Crippen molar-refractivity contribution in [1.29, 1.82) is 0 Å². The second kappa shape index (κ2) is 12.0. The number of hydrogen-bond donors (Lipinski definition) is 3. The van der Waals surface area contributed by atoms with Crippen LogP contribution < -0.4 is 15.8 Å². The van der Waals surface area contributed by atoms with Gasteiger partial charge in [-0.15, -0.1) is 24.0 Å². The second-order valence-electron chi connectivity index (χ2n) is 6.46. The Kier molecular flexibility index (Phi) is 10.5. The van der Waals surface area contributed by atoms with Crippen molar-refractivity contribution in [3.8, 4) is 0 Å². The summed E-state index contributed by atoms with van der Waals surface area (Å²) in [6, 6.07) is 17.2. The zero-order valence-corrected chi connectivity index (χ0v) is 19.4. The van der Waals surface area contributed by atoms with E-state index in [0.29, 0.717) is 12.5 Å². The Labute approximate surface area is 185 Å². The number of aliphatic imine (C=N–C) groups is 1. The van der Waals surface area contributed by atoms with Crippen molar-refractivity contribution in [2.24, 2.45) is 10.1 Å². The molecular formula is C20H29IN4O2S. The Balaban J connectivity index is 0.00000392. The molecular weight excluding hydrogens is 487 g/mol. The highest BCUT2D eigenvalue weighted by molar-refractivity contribution is 14.0. The third-order valence-corrected chi connectivity index (χ3v) is 4.99. The van der Waals surface area contributed by atoms with E-state index >= 15 is 0 Å². The van der Waals surface area contributed by atoms with Crippen LogP contribution in [0.1, 0.15) is 31.4 Å². The zero-order valence-electron chi connectivity index (χ0n) is 16.3. The molecule has 0 aliphatic carbocycles. The summed E-state index contributed by atoms with van der Waals surface area (Å²) < 4.78 is 23.0. The molecule has 0 aromatic heterocycles. The van der Waals surface area contributed by atoms with E-state index in [1.807, 2.05) is 19.1 Å². The quantitative estimate of drug-likeness (QED) is 0.286. The molecule has 2 aromatic rings. The van der Waals surface area contributed by atoms with Crippen molar-refractivity contribution in [3.63, 3.8) is 0 Å². The molecule has 28 heavy (non-hydrogen) atoms. The van der Waals surface area contributed by atoms with Gasteiger partial charge in [0.15, 0.2) is 5.96 Å². The van der Waals surface area contributed by atoms with E-state index < -0.39 is 10.0 Å². The van der Waals surface area contributed by atoms with E-state index in [9.17, 15) is 8.42 Å². The Hall–Kier alpha value is -1.65. The summed E-state index contributed by atoms with van der Waals surface area (Å²) in [6.45, 7) is 5.24. The molecule has 0 radical (unpaired) electrons. The van der Waals surface area contributed by atoms with Gasteiger partial charge in [-0.1, -0.05) is 42.5 Å².